The number of halogens is 34. The molecular weight excluding hydrogens is 966 g/mol. The van der Waals surface area contributed by atoms with Gasteiger partial charge in [-0.05, 0) is 34.0 Å². The van der Waals surface area contributed by atoms with Gasteiger partial charge >= 0.3 is 95.3 Å². The van der Waals surface area contributed by atoms with Gasteiger partial charge in [0.2, 0.25) is 0 Å². The zero-order valence-electron chi connectivity index (χ0n) is 25.7. The van der Waals surface area contributed by atoms with Crippen molar-refractivity contribution in [3.63, 3.8) is 0 Å². The first kappa shape index (κ1) is 53.8. The SMILES string of the molecule is FC(F)(F)C(F)(F)C(F)(F)C(F)(F)C(F)(F)C(F)(F)C(F)(F)C(F)(F)/C=C/c1cscc1/C=C/C(F)(F)C(F)(F)C(F)(F)C(F)(F)C(F)(F)C(F)(F)C(F)(F)C(F)(F)F. The van der Waals surface area contributed by atoms with Gasteiger partial charge in [-0.2, -0.15) is 161 Å². The van der Waals surface area contributed by atoms with Crippen LogP contribution in [0, 0.1) is 0 Å². The highest BCUT2D eigenvalue weighted by molar-refractivity contribution is 7.08. The van der Waals surface area contributed by atoms with Gasteiger partial charge in [0.1, 0.15) is 0 Å². The molecule has 0 aliphatic rings. The molecule has 1 heterocycles. The lowest BCUT2D eigenvalue weighted by atomic mass is 9.88. The summed E-state index contributed by atoms with van der Waals surface area (Å²) in [4.78, 5) is 0. The molecular formula is C24H6F34S. The van der Waals surface area contributed by atoms with Gasteiger partial charge in [0.25, 0.3) is 0 Å². The van der Waals surface area contributed by atoms with Crippen LogP contribution in [0.4, 0.5) is 149 Å². The molecule has 1 aromatic heterocycles. The number of alkyl halides is 34. The predicted octanol–water partition coefficient (Wildman–Crippen LogP) is 13.8. The molecule has 0 N–H and O–H groups in total. The van der Waals surface area contributed by atoms with E-state index in [4.69, 9.17) is 0 Å². The van der Waals surface area contributed by atoms with Crippen LogP contribution in [0.3, 0.4) is 0 Å². The smallest absolute Gasteiger partial charge is 0.195 e. The Kier molecular flexibility index (Phi) is 12.9. The van der Waals surface area contributed by atoms with E-state index < -0.39 is 131 Å². The van der Waals surface area contributed by atoms with Crippen LogP contribution >= 0.6 is 11.3 Å². The van der Waals surface area contributed by atoms with Gasteiger partial charge < -0.3 is 0 Å². The Morgan fingerprint density at radius 1 is 0.254 bits per heavy atom. The number of allylic oxidation sites excluding steroid dienone is 2. The molecule has 1 rings (SSSR count). The van der Waals surface area contributed by atoms with Crippen molar-refractivity contribution in [3.8, 4) is 0 Å². The van der Waals surface area contributed by atoms with Gasteiger partial charge in [-0.3, -0.25) is 0 Å². The monoisotopic (exact) mass is 972 g/mol. The summed E-state index contributed by atoms with van der Waals surface area (Å²) in [5.74, 6) is -120. The van der Waals surface area contributed by atoms with Crippen molar-refractivity contribution in [1.29, 1.82) is 0 Å². The molecule has 0 aliphatic carbocycles. The van der Waals surface area contributed by atoms with Gasteiger partial charge in [0, 0.05) is 0 Å². The Morgan fingerprint density at radius 2 is 0.424 bits per heavy atom. The molecule has 0 bridgehead atoms. The van der Waals surface area contributed by atoms with E-state index in [9.17, 15) is 149 Å². The third-order valence-corrected chi connectivity index (χ3v) is 7.94. The van der Waals surface area contributed by atoms with Crippen molar-refractivity contribution in [2.24, 2.45) is 0 Å². The minimum absolute atomic E-state index is 0.0203. The minimum Gasteiger partial charge on any atom is -0.195 e. The Morgan fingerprint density at radius 3 is 0.610 bits per heavy atom. The molecule has 0 spiro atoms. The van der Waals surface area contributed by atoms with Crippen molar-refractivity contribution in [3.05, 3.63) is 34.0 Å². The van der Waals surface area contributed by atoms with E-state index in [2.05, 4.69) is 0 Å². The number of hydrogen-bond donors (Lipinski definition) is 0. The highest BCUT2D eigenvalue weighted by Gasteiger charge is 2.96. The van der Waals surface area contributed by atoms with Crippen molar-refractivity contribution < 1.29 is 149 Å². The Bertz CT molecular complexity index is 1590. The summed E-state index contributed by atoms with van der Waals surface area (Å²) in [5, 5.41) is -0.0405. The fraction of sp³-hybridized carbons (Fsp3) is 0.667. The van der Waals surface area contributed by atoms with Crippen LogP contribution in [0.5, 0.6) is 0 Å². The molecule has 0 radical (unpaired) electrons. The standard InChI is InChI=1S/C24H6F34S/c25-9(26,11(29,30)13(33,34)15(37,38)17(41,42)19(45,46)21(49,50)23(53,54)55)3-1-7-5-59-6-8(7)2-4-10(27,28)12(31,32)14(35,36)16(39,40)18(43,44)20(47,48)22(51,52)24(56,57)58/h1-6H/b3-1+,4-2+. The molecule has 0 atom stereocenters. The largest absolute Gasteiger partial charge is 0.460 e. The van der Waals surface area contributed by atoms with Crippen molar-refractivity contribution in [2.45, 2.75) is 95.3 Å². The molecule has 1 aromatic rings. The van der Waals surface area contributed by atoms with E-state index in [1.165, 1.54) is 0 Å². The summed E-state index contributed by atoms with van der Waals surface area (Å²) in [7, 11) is 0. The second-order valence-corrected chi connectivity index (χ2v) is 11.8. The van der Waals surface area contributed by atoms with E-state index in [1.807, 2.05) is 0 Å². The molecule has 346 valence electrons. The summed E-state index contributed by atoms with van der Waals surface area (Å²) in [5.41, 5.74) is -3.48. The molecule has 0 aliphatic heterocycles. The summed E-state index contributed by atoms with van der Waals surface area (Å²) in [6.45, 7) is 0. The van der Waals surface area contributed by atoms with Crippen LogP contribution in [0.25, 0.3) is 12.2 Å². The predicted molar refractivity (Wildman–Crippen MR) is 124 cm³/mol. The van der Waals surface area contributed by atoms with Crippen molar-refractivity contribution in [2.75, 3.05) is 0 Å². The van der Waals surface area contributed by atoms with E-state index in [1.54, 1.807) is 0 Å². The normalized spacial score (nSPS) is 16.8. The lowest BCUT2D eigenvalue weighted by molar-refractivity contribution is -0.459. The Labute approximate surface area is 303 Å². The Balaban J connectivity index is 3.72. The van der Waals surface area contributed by atoms with E-state index in [0.717, 1.165) is 0 Å². The highest BCUT2D eigenvalue weighted by Crippen LogP contribution is 2.66. The summed E-state index contributed by atoms with van der Waals surface area (Å²) >= 11 is -0.272. The molecule has 0 unspecified atom stereocenters. The maximum atomic E-state index is 14.1. The zero-order chi connectivity index (χ0) is 48.1. The van der Waals surface area contributed by atoms with E-state index >= 15 is 0 Å². The van der Waals surface area contributed by atoms with Crippen molar-refractivity contribution >= 4 is 23.5 Å². The zero-order valence-corrected chi connectivity index (χ0v) is 26.5. The summed E-state index contributed by atoms with van der Waals surface area (Å²) < 4.78 is 455. The van der Waals surface area contributed by atoms with Crippen LogP contribution in [0.1, 0.15) is 11.1 Å². The molecule has 0 nitrogen and oxygen atoms in total. The molecule has 0 saturated carbocycles. The minimum atomic E-state index is -9.07. The van der Waals surface area contributed by atoms with Gasteiger partial charge in [0.05, 0.1) is 0 Å². The van der Waals surface area contributed by atoms with E-state index in [0.29, 0.717) is 0 Å². The van der Waals surface area contributed by atoms with Crippen LogP contribution in [0.15, 0.2) is 22.9 Å². The van der Waals surface area contributed by atoms with Gasteiger partial charge in [-0.15, -0.1) is 0 Å². The average Bonchev–Trinajstić information content (AvgIpc) is 3.48. The van der Waals surface area contributed by atoms with Crippen LogP contribution in [-0.2, 0) is 0 Å². The third-order valence-electron chi connectivity index (χ3n) is 7.16. The molecule has 59 heavy (non-hydrogen) atoms. The fourth-order valence-corrected chi connectivity index (χ4v) is 4.33. The first-order valence-electron chi connectivity index (χ1n) is 13.0. The highest BCUT2D eigenvalue weighted by atomic mass is 32.1. The van der Waals surface area contributed by atoms with Gasteiger partial charge in [-0.1, -0.05) is 12.2 Å². The number of thiophene rings is 1. The topological polar surface area (TPSA) is 0 Å². The second-order valence-electron chi connectivity index (χ2n) is 11.1. The van der Waals surface area contributed by atoms with Crippen LogP contribution in [-0.4, -0.2) is 95.3 Å². The lowest BCUT2D eigenvalue weighted by Crippen LogP contribution is -2.74. The maximum absolute atomic E-state index is 14.1. The number of rotatable bonds is 16. The maximum Gasteiger partial charge on any atom is 0.460 e. The van der Waals surface area contributed by atoms with Gasteiger partial charge in [-0.25, -0.2) is 0 Å². The van der Waals surface area contributed by atoms with Crippen LogP contribution in [0.2, 0.25) is 0 Å². The average molecular weight is 972 g/mol. The van der Waals surface area contributed by atoms with Crippen LogP contribution < -0.4 is 0 Å². The molecule has 35 heteroatoms. The Hall–Kier alpha value is -3.20. The molecule has 0 amide bonds. The molecule has 0 aromatic carbocycles. The van der Waals surface area contributed by atoms with Crippen molar-refractivity contribution in [1.82, 2.24) is 0 Å². The van der Waals surface area contributed by atoms with Gasteiger partial charge in [0.15, 0.2) is 0 Å². The first-order chi connectivity index (χ1) is 25.2. The molecule has 0 fully saturated rings. The fourth-order valence-electron chi connectivity index (χ4n) is 3.54. The summed E-state index contributed by atoms with van der Waals surface area (Å²) in [6, 6.07) is 0. The van der Waals surface area contributed by atoms with E-state index in [-0.39, 0.29) is 22.1 Å². The first-order valence-corrected chi connectivity index (χ1v) is 14.0. The second kappa shape index (κ2) is 14.2. The lowest BCUT2D eigenvalue weighted by Gasteiger charge is -2.42. The summed E-state index contributed by atoms with van der Waals surface area (Å²) in [6.07, 6.45) is -22.2. The number of hydrogen-bond acceptors (Lipinski definition) is 1. The molecule has 0 saturated heterocycles. The third kappa shape index (κ3) is 7.29. The quantitative estimate of drug-likeness (QED) is 0.145.